The first kappa shape index (κ1) is 8.22. The van der Waals surface area contributed by atoms with Crippen LogP contribution in [0.2, 0.25) is 0 Å². The van der Waals surface area contributed by atoms with E-state index < -0.39 is 0 Å². The fourth-order valence-electron chi connectivity index (χ4n) is 0.999. The Morgan fingerprint density at radius 2 is 2.00 bits per heavy atom. The summed E-state index contributed by atoms with van der Waals surface area (Å²) in [6, 6.07) is 0.514. The van der Waals surface area contributed by atoms with Gasteiger partial charge in [-0.3, -0.25) is 0 Å². The molecule has 0 unspecified atom stereocenters. The summed E-state index contributed by atoms with van der Waals surface area (Å²) in [5.41, 5.74) is 0. The van der Waals surface area contributed by atoms with Gasteiger partial charge in [-0.15, -0.1) is 0 Å². The van der Waals surface area contributed by atoms with E-state index in [1.165, 1.54) is 6.42 Å². The molecule has 64 valence electrons. The second kappa shape index (κ2) is 3.55. The Hall–Kier alpha value is -0.390. The molecule has 1 saturated carbocycles. The first-order chi connectivity index (χ1) is 5.84. The predicted octanol–water partition coefficient (Wildman–Crippen LogP) is 2.01. The summed E-state index contributed by atoms with van der Waals surface area (Å²) in [4.78, 5) is 8.12. The molecule has 0 spiro atoms. The van der Waals surface area contributed by atoms with Gasteiger partial charge in [-0.2, -0.15) is 0 Å². The fourth-order valence-corrected chi connectivity index (χ4v) is 1.28. The number of nitrogens with zero attached hydrogens (tertiary/aromatic N) is 2. The van der Waals surface area contributed by atoms with Crippen molar-refractivity contribution in [3.05, 3.63) is 16.0 Å². The first-order valence-electron chi connectivity index (χ1n) is 3.99. The highest BCUT2D eigenvalue weighted by molar-refractivity contribution is 14.1. The van der Waals surface area contributed by atoms with E-state index in [4.69, 9.17) is 4.74 Å². The zero-order valence-corrected chi connectivity index (χ0v) is 8.69. The number of halogens is 1. The molecule has 3 nitrogen and oxygen atoms in total. The topological polar surface area (TPSA) is 35.0 Å². The summed E-state index contributed by atoms with van der Waals surface area (Å²) >= 11 is 2.17. The van der Waals surface area contributed by atoms with Crippen molar-refractivity contribution < 1.29 is 4.74 Å². The van der Waals surface area contributed by atoms with Gasteiger partial charge in [-0.25, -0.2) is 9.97 Å². The molecule has 4 heteroatoms. The molecule has 0 aliphatic heterocycles. The summed E-state index contributed by atoms with van der Waals surface area (Å²) in [5.74, 6) is 0. The maximum Gasteiger partial charge on any atom is 0.316 e. The van der Waals surface area contributed by atoms with Gasteiger partial charge in [0.25, 0.3) is 0 Å². The number of aromatic nitrogens is 2. The van der Waals surface area contributed by atoms with Crippen molar-refractivity contribution in [2.24, 2.45) is 0 Å². The number of ether oxygens (including phenoxy) is 1. The van der Waals surface area contributed by atoms with Crippen LogP contribution in [0, 0.1) is 3.57 Å². The molecule has 0 amide bonds. The molecule has 0 N–H and O–H groups in total. The Kier molecular flexibility index (Phi) is 2.43. The maximum absolute atomic E-state index is 5.48. The Balaban J connectivity index is 1.98. The zero-order chi connectivity index (χ0) is 8.39. The van der Waals surface area contributed by atoms with E-state index in [1.54, 1.807) is 12.4 Å². The van der Waals surface area contributed by atoms with Gasteiger partial charge in [0.05, 0.1) is 0 Å². The summed E-state index contributed by atoms with van der Waals surface area (Å²) in [6.45, 7) is 0. The Labute approximate surface area is 84.7 Å². The van der Waals surface area contributed by atoms with E-state index in [9.17, 15) is 0 Å². The molecule has 0 aromatic carbocycles. The minimum Gasteiger partial charge on any atom is -0.460 e. The Bertz CT molecular complexity index is 258. The molecule has 0 saturated heterocycles. The van der Waals surface area contributed by atoms with Gasteiger partial charge >= 0.3 is 6.01 Å². The van der Waals surface area contributed by atoms with Crippen molar-refractivity contribution in [2.75, 3.05) is 0 Å². The van der Waals surface area contributed by atoms with Crippen LogP contribution in [-0.2, 0) is 0 Å². The molecule has 1 fully saturated rings. The Morgan fingerprint density at radius 1 is 1.33 bits per heavy atom. The fraction of sp³-hybridized carbons (Fsp3) is 0.500. The minimum absolute atomic E-state index is 0.366. The molecular formula is C8H9IN2O. The first-order valence-corrected chi connectivity index (χ1v) is 5.07. The summed E-state index contributed by atoms with van der Waals surface area (Å²) in [6.07, 6.45) is 7.47. The van der Waals surface area contributed by atoms with E-state index in [0.717, 1.165) is 16.4 Å². The van der Waals surface area contributed by atoms with Crippen LogP contribution in [0.1, 0.15) is 19.3 Å². The third-order valence-electron chi connectivity index (χ3n) is 1.92. The van der Waals surface area contributed by atoms with Gasteiger partial charge in [0.1, 0.15) is 6.10 Å². The van der Waals surface area contributed by atoms with Gasteiger partial charge < -0.3 is 4.74 Å². The molecule has 1 aliphatic carbocycles. The summed E-state index contributed by atoms with van der Waals surface area (Å²) in [7, 11) is 0. The second-order valence-electron chi connectivity index (χ2n) is 2.85. The van der Waals surface area contributed by atoms with Crippen molar-refractivity contribution >= 4 is 22.6 Å². The molecule has 1 heterocycles. The number of hydrogen-bond donors (Lipinski definition) is 0. The summed E-state index contributed by atoms with van der Waals surface area (Å²) in [5, 5.41) is 0. The van der Waals surface area contributed by atoms with Gasteiger partial charge in [0.15, 0.2) is 0 Å². The van der Waals surface area contributed by atoms with Crippen molar-refractivity contribution in [1.29, 1.82) is 0 Å². The largest absolute Gasteiger partial charge is 0.460 e. The van der Waals surface area contributed by atoms with Crippen LogP contribution in [0.4, 0.5) is 0 Å². The highest BCUT2D eigenvalue weighted by Crippen LogP contribution is 2.22. The van der Waals surface area contributed by atoms with E-state index in [1.807, 2.05) is 0 Å². The highest BCUT2D eigenvalue weighted by atomic mass is 127. The van der Waals surface area contributed by atoms with E-state index in [0.29, 0.717) is 12.1 Å². The van der Waals surface area contributed by atoms with Gasteiger partial charge in [0, 0.05) is 16.0 Å². The SMILES string of the molecule is Ic1cnc(OC2CCC2)nc1. The smallest absolute Gasteiger partial charge is 0.316 e. The van der Waals surface area contributed by atoms with Gasteiger partial charge in [0.2, 0.25) is 0 Å². The lowest BCUT2D eigenvalue weighted by atomic mass is 9.96. The molecule has 1 aromatic heterocycles. The van der Waals surface area contributed by atoms with Crippen LogP contribution >= 0.6 is 22.6 Å². The van der Waals surface area contributed by atoms with Gasteiger partial charge in [-0.05, 0) is 41.9 Å². The lowest BCUT2D eigenvalue weighted by Gasteiger charge is -2.24. The molecule has 2 rings (SSSR count). The molecular weight excluding hydrogens is 267 g/mol. The maximum atomic E-state index is 5.48. The van der Waals surface area contributed by atoms with Crippen LogP contribution in [0.3, 0.4) is 0 Å². The van der Waals surface area contributed by atoms with Crippen molar-refractivity contribution in [1.82, 2.24) is 9.97 Å². The van der Waals surface area contributed by atoms with Crippen molar-refractivity contribution in [3.63, 3.8) is 0 Å². The van der Waals surface area contributed by atoms with Crippen LogP contribution in [0.15, 0.2) is 12.4 Å². The lowest BCUT2D eigenvalue weighted by Crippen LogP contribution is -2.25. The highest BCUT2D eigenvalue weighted by Gasteiger charge is 2.19. The van der Waals surface area contributed by atoms with Gasteiger partial charge in [-0.1, -0.05) is 0 Å². The number of rotatable bonds is 2. The minimum atomic E-state index is 0.366. The predicted molar refractivity (Wildman–Crippen MR) is 53.0 cm³/mol. The van der Waals surface area contributed by atoms with E-state index in [2.05, 4.69) is 32.6 Å². The van der Waals surface area contributed by atoms with Crippen LogP contribution in [-0.4, -0.2) is 16.1 Å². The van der Waals surface area contributed by atoms with Crippen molar-refractivity contribution in [3.8, 4) is 6.01 Å². The second-order valence-corrected chi connectivity index (χ2v) is 4.10. The molecule has 1 aliphatic rings. The molecule has 0 atom stereocenters. The van der Waals surface area contributed by atoms with Crippen LogP contribution < -0.4 is 4.74 Å². The third kappa shape index (κ3) is 1.85. The van der Waals surface area contributed by atoms with Crippen LogP contribution in [0.5, 0.6) is 6.01 Å². The normalized spacial score (nSPS) is 17.1. The van der Waals surface area contributed by atoms with E-state index >= 15 is 0 Å². The average Bonchev–Trinajstić information content (AvgIpc) is 2.00. The lowest BCUT2D eigenvalue weighted by molar-refractivity contribution is 0.108. The average molecular weight is 276 g/mol. The van der Waals surface area contributed by atoms with E-state index in [-0.39, 0.29) is 0 Å². The Morgan fingerprint density at radius 3 is 2.50 bits per heavy atom. The molecule has 12 heavy (non-hydrogen) atoms. The number of hydrogen-bond acceptors (Lipinski definition) is 3. The third-order valence-corrected chi connectivity index (χ3v) is 2.48. The van der Waals surface area contributed by atoms with Crippen LogP contribution in [0.25, 0.3) is 0 Å². The zero-order valence-electron chi connectivity index (χ0n) is 6.53. The van der Waals surface area contributed by atoms with Crippen molar-refractivity contribution in [2.45, 2.75) is 25.4 Å². The molecule has 1 aromatic rings. The quantitative estimate of drug-likeness (QED) is 0.775. The summed E-state index contributed by atoms with van der Waals surface area (Å²) < 4.78 is 6.52. The molecule has 0 radical (unpaired) electrons. The molecule has 0 bridgehead atoms. The monoisotopic (exact) mass is 276 g/mol. The standard InChI is InChI=1S/C8H9IN2O/c9-6-4-10-8(11-5-6)12-7-2-1-3-7/h4-5,7H,1-3H2.